The highest BCUT2D eigenvalue weighted by atomic mass is 16.5. The SMILES string of the molecule is CCc1ccccc1NC(=O)C1CC1C(=O)Nc1cccc(C(=O)OC)c1. The predicted octanol–water partition coefficient (Wildman–Crippen LogP) is 3.25. The van der Waals surface area contributed by atoms with Crippen molar-refractivity contribution in [3.05, 3.63) is 59.7 Å². The first-order chi connectivity index (χ1) is 13.0. The second kappa shape index (κ2) is 8.03. The van der Waals surface area contributed by atoms with E-state index in [9.17, 15) is 14.4 Å². The second-order valence-corrected chi connectivity index (χ2v) is 6.51. The first kappa shape index (κ1) is 18.6. The van der Waals surface area contributed by atoms with Crippen molar-refractivity contribution < 1.29 is 19.1 Å². The van der Waals surface area contributed by atoms with Gasteiger partial charge in [-0.2, -0.15) is 0 Å². The predicted molar refractivity (Wildman–Crippen MR) is 102 cm³/mol. The Hall–Kier alpha value is -3.15. The monoisotopic (exact) mass is 366 g/mol. The third-order valence-electron chi connectivity index (χ3n) is 4.67. The number of esters is 1. The summed E-state index contributed by atoms with van der Waals surface area (Å²) < 4.78 is 4.68. The van der Waals surface area contributed by atoms with Crippen molar-refractivity contribution in [1.82, 2.24) is 0 Å². The molecule has 2 aromatic carbocycles. The Morgan fingerprint density at radius 2 is 1.70 bits per heavy atom. The van der Waals surface area contributed by atoms with Gasteiger partial charge >= 0.3 is 5.97 Å². The number of hydrogen-bond acceptors (Lipinski definition) is 4. The molecule has 6 nitrogen and oxygen atoms in total. The zero-order valence-corrected chi connectivity index (χ0v) is 15.3. The van der Waals surface area contributed by atoms with Gasteiger partial charge in [-0.05, 0) is 42.7 Å². The molecule has 0 aliphatic heterocycles. The van der Waals surface area contributed by atoms with E-state index < -0.39 is 5.97 Å². The fraction of sp³-hybridized carbons (Fsp3) is 0.286. The molecule has 0 aromatic heterocycles. The van der Waals surface area contributed by atoms with Gasteiger partial charge in [0.2, 0.25) is 11.8 Å². The number of para-hydroxylation sites is 1. The number of amides is 2. The van der Waals surface area contributed by atoms with Gasteiger partial charge in [0.05, 0.1) is 24.5 Å². The lowest BCUT2D eigenvalue weighted by Crippen LogP contribution is -2.21. The van der Waals surface area contributed by atoms with Gasteiger partial charge in [-0.3, -0.25) is 9.59 Å². The van der Waals surface area contributed by atoms with Crippen LogP contribution in [0.5, 0.6) is 0 Å². The van der Waals surface area contributed by atoms with E-state index in [1.807, 2.05) is 31.2 Å². The van der Waals surface area contributed by atoms with Crippen molar-refractivity contribution in [2.45, 2.75) is 19.8 Å². The molecular weight excluding hydrogens is 344 g/mol. The molecule has 1 aliphatic rings. The van der Waals surface area contributed by atoms with Gasteiger partial charge in [-0.1, -0.05) is 31.2 Å². The molecule has 2 amide bonds. The van der Waals surface area contributed by atoms with Crippen LogP contribution in [-0.4, -0.2) is 24.9 Å². The second-order valence-electron chi connectivity index (χ2n) is 6.51. The van der Waals surface area contributed by atoms with Gasteiger partial charge in [-0.15, -0.1) is 0 Å². The lowest BCUT2D eigenvalue weighted by molar-refractivity contribution is -0.122. The van der Waals surface area contributed by atoms with Crippen LogP contribution in [0.4, 0.5) is 11.4 Å². The Labute approximate surface area is 157 Å². The van der Waals surface area contributed by atoms with Crippen LogP contribution in [0.15, 0.2) is 48.5 Å². The number of aryl methyl sites for hydroxylation is 1. The van der Waals surface area contributed by atoms with Crippen molar-refractivity contribution in [1.29, 1.82) is 0 Å². The molecule has 0 saturated heterocycles. The molecule has 1 fully saturated rings. The third kappa shape index (κ3) is 4.34. The van der Waals surface area contributed by atoms with Crippen LogP contribution < -0.4 is 10.6 Å². The highest BCUT2D eigenvalue weighted by molar-refractivity contribution is 6.03. The number of anilines is 2. The van der Waals surface area contributed by atoms with Crippen LogP contribution in [0.25, 0.3) is 0 Å². The zero-order valence-electron chi connectivity index (χ0n) is 15.3. The fourth-order valence-electron chi connectivity index (χ4n) is 3.03. The first-order valence-corrected chi connectivity index (χ1v) is 8.91. The molecule has 140 valence electrons. The van der Waals surface area contributed by atoms with Crippen molar-refractivity contribution in [3.63, 3.8) is 0 Å². The molecule has 6 heteroatoms. The summed E-state index contributed by atoms with van der Waals surface area (Å²) in [5.41, 5.74) is 2.72. The molecule has 0 radical (unpaired) electrons. The van der Waals surface area contributed by atoms with E-state index in [-0.39, 0.29) is 23.7 Å². The van der Waals surface area contributed by atoms with Crippen molar-refractivity contribution in [2.24, 2.45) is 11.8 Å². The molecule has 1 saturated carbocycles. The van der Waals surface area contributed by atoms with Gasteiger partial charge in [0, 0.05) is 11.4 Å². The molecule has 2 atom stereocenters. The van der Waals surface area contributed by atoms with Crippen LogP contribution in [0, 0.1) is 11.8 Å². The standard InChI is InChI=1S/C21H22N2O4/c1-3-13-7-4-5-10-18(13)23-20(25)17-12-16(17)19(24)22-15-9-6-8-14(11-15)21(26)27-2/h4-11,16-17H,3,12H2,1-2H3,(H,22,24)(H,23,25). The molecular formula is C21H22N2O4. The maximum atomic E-state index is 12.4. The summed E-state index contributed by atoms with van der Waals surface area (Å²) in [6.45, 7) is 2.03. The highest BCUT2D eigenvalue weighted by Crippen LogP contribution is 2.40. The van der Waals surface area contributed by atoms with Gasteiger partial charge in [0.25, 0.3) is 0 Å². The quantitative estimate of drug-likeness (QED) is 0.769. The minimum absolute atomic E-state index is 0.139. The number of hydrogen-bond donors (Lipinski definition) is 2. The summed E-state index contributed by atoms with van der Waals surface area (Å²) >= 11 is 0. The fourth-order valence-corrected chi connectivity index (χ4v) is 3.03. The van der Waals surface area contributed by atoms with E-state index >= 15 is 0 Å². The number of benzene rings is 2. The minimum atomic E-state index is -0.468. The Bertz CT molecular complexity index is 878. The molecule has 2 aromatic rings. The Morgan fingerprint density at radius 3 is 2.41 bits per heavy atom. The molecule has 2 N–H and O–H groups in total. The highest BCUT2D eigenvalue weighted by Gasteiger charge is 2.48. The summed E-state index contributed by atoms with van der Waals surface area (Å²) in [5.74, 6) is -1.52. The maximum Gasteiger partial charge on any atom is 0.337 e. The van der Waals surface area contributed by atoms with Crippen molar-refractivity contribution in [3.8, 4) is 0 Å². The van der Waals surface area contributed by atoms with E-state index in [2.05, 4.69) is 15.4 Å². The van der Waals surface area contributed by atoms with Crippen molar-refractivity contribution in [2.75, 3.05) is 17.7 Å². The van der Waals surface area contributed by atoms with Gasteiger partial charge in [0.15, 0.2) is 0 Å². The van der Waals surface area contributed by atoms with Crippen LogP contribution >= 0.6 is 0 Å². The normalized spacial score (nSPS) is 17.7. The first-order valence-electron chi connectivity index (χ1n) is 8.91. The Morgan fingerprint density at radius 1 is 1.00 bits per heavy atom. The minimum Gasteiger partial charge on any atom is -0.465 e. The van der Waals surface area contributed by atoms with Gasteiger partial charge in [-0.25, -0.2) is 4.79 Å². The molecule has 2 unspecified atom stereocenters. The summed E-state index contributed by atoms with van der Waals surface area (Å²) in [7, 11) is 1.30. The Balaban J connectivity index is 1.59. The summed E-state index contributed by atoms with van der Waals surface area (Å²) in [5, 5.41) is 5.69. The van der Waals surface area contributed by atoms with E-state index in [1.54, 1.807) is 24.3 Å². The number of nitrogens with one attached hydrogen (secondary N) is 2. The number of ether oxygens (including phenoxy) is 1. The molecule has 1 aliphatic carbocycles. The zero-order chi connectivity index (χ0) is 19.4. The Kier molecular flexibility index (Phi) is 5.54. The third-order valence-corrected chi connectivity index (χ3v) is 4.67. The van der Waals surface area contributed by atoms with Gasteiger partial charge in [0.1, 0.15) is 0 Å². The molecule has 0 spiro atoms. The lowest BCUT2D eigenvalue weighted by atomic mass is 10.1. The number of carbonyl (C=O) groups excluding carboxylic acids is 3. The van der Waals surface area contributed by atoms with E-state index in [0.29, 0.717) is 17.7 Å². The van der Waals surface area contributed by atoms with Gasteiger partial charge < -0.3 is 15.4 Å². The average molecular weight is 366 g/mol. The number of methoxy groups -OCH3 is 1. The van der Waals surface area contributed by atoms with E-state index in [1.165, 1.54) is 7.11 Å². The molecule has 0 heterocycles. The largest absolute Gasteiger partial charge is 0.465 e. The van der Waals surface area contributed by atoms with Crippen LogP contribution in [-0.2, 0) is 20.7 Å². The summed E-state index contributed by atoms with van der Waals surface area (Å²) in [4.78, 5) is 36.4. The number of rotatable bonds is 6. The van der Waals surface area contributed by atoms with Crippen molar-refractivity contribution >= 4 is 29.2 Å². The van der Waals surface area contributed by atoms with Crippen LogP contribution in [0.2, 0.25) is 0 Å². The van der Waals surface area contributed by atoms with E-state index in [0.717, 1.165) is 17.7 Å². The topological polar surface area (TPSA) is 84.5 Å². The molecule has 3 rings (SSSR count). The average Bonchev–Trinajstić information content (AvgIpc) is 3.49. The maximum absolute atomic E-state index is 12.4. The lowest BCUT2D eigenvalue weighted by Gasteiger charge is -2.10. The molecule has 27 heavy (non-hydrogen) atoms. The number of carbonyl (C=O) groups is 3. The smallest absolute Gasteiger partial charge is 0.337 e. The van der Waals surface area contributed by atoms with Crippen LogP contribution in [0.3, 0.4) is 0 Å². The summed E-state index contributed by atoms with van der Waals surface area (Å²) in [6.07, 6.45) is 1.34. The van der Waals surface area contributed by atoms with Crippen LogP contribution in [0.1, 0.15) is 29.3 Å². The summed E-state index contributed by atoms with van der Waals surface area (Å²) in [6, 6.07) is 14.2. The van der Waals surface area contributed by atoms with E-state index in [4.69, 9.17) is 0 Å². The molecule has 0 bridgehead atoms.